The predicted octanol–water partition coefficient (Wildman–Crippen LogP) is 3.24. The van der Waals surface area contributed by atoms with Gasteiger partial charge in [-0.05, 0) is 36.8 Å². The van der Waals surface area contributed by atoms with Gasteiger partial charge >= 0.3 is 0 Å². The van der Waals surface area contributed by atoms with E-state index in [2.05, 4.69) is 25.1 Å². The van der Waals surface area contributed by atoms with Crippen molar-refractivity contribution in [1.29, 1.82) is 0 Å². The fraction of sp³-hybridized carbons (Fsp3) is 0.0556. The van der Waals surface area contributed by atoms with Crippen LogP contribution in [0.4, 0.5) is 5.69 Å². The molecule has 0 saturated heterocycles. The highest BCUT2D eigenvalue weighted by Crippen LogP contribution is 2.31. The van der Waals surface area contributed by atoms with Gasteiger partial charge in [-0.25, -0.2) is 0 Å². The highest BCUT2D eigenvalue weighted by atomic mass is 32.2. The predicted molar refractivity (Wildman–Crippen MR) is 99.3 cm³/mol. The number of nitrogens with one attached hydrogen (secondary N) is 2. The molecule has 0 aliphatic heterocycles. The van der Waals surface area contributed by atoms with Crippen molar-refractivity contribution in [2.45, 2.75) is 12.0 Å². The minimum Gasteiger partial charge on any atom is -0.342 e. The summed E-state index contributed by atoms with van der Waals surface area (Å²) in [4.78, 5) is 4.02. The molecule has 136 valence electrons. The summed E-state index contributed by atoms with van der Waals surface area (Å²) in [5.74, 6) is 0. The molecule has 0 amide bonds. The molecule has 0 aliphatic rings. The van der Waals surface area contributed by atoms with E-state index in [1.54, 1.807) is 43.7 Å². The van der Waals surface area contributed by atoms with E-state index in [1.165, 1.54) is 6.20 Å². The average molecular weight is 381 g/mol. The maximum atomic E-state index is 12.5. The zero-order chi connectivity index (χ0) is 18.9. The van der Waals surface area contributed by atoms with Crippen molar-refractivity contribution >= 4 is 15.7 Å². The Balaban J connectivity index is 1.69. The summed E-state index contributed by atoms with van der Waals surface area (Å²) in [7, 11) is -3.86. The van der Waals surface area contributed by atoms with Gasteiger partial charge in [-0.15, -0.1) is 0 Å². The number of nitrogens with zero attached hydrogens (tertiary/aromatic N) is 3. The molecule has 4 aromatic rings. The number of hydrogen-bond acceptors (Lipinski definition) is 6. The second kappa shape index (κ2) is 6.69. The van der Waals surface area contributed by atoms with Gasteiger partial charge in [0.2, 0.25) is 0 Å². The van der Waals surface area contributed by atoms with Crippen LogP contribution in [0.5, 0.6) is 0 Å². The number of hydrogen-bond donors (Lipinski definition) is 2. The molecule has 0 unspecified atom stereocenters. The van der Waals surface area contributed by atoms with Crippen molar-refractivity contribution in [1.82, 2.24) is 20.3 Å². The molecule has 0 radical (unpaired) electrons. The summed E-state index contributed by atoms with van der Waals surface area (Å²) in [6.45, 7) is 1.62. The van der Waals surface area contributed by atoms with Crippen LogP contribution in [-0.4, -0.2) is 28.8 Å². The molecule has 9 heteroatoms. The summed E-state index contributed by atoms with van der Waals surface area (Å²) in [5.41, 5.74) is 4.25. The Bertz CT molecular complexity index is 1180. The molecule has 1 aromatic carbocycles. The number of aromatic amines is 1. The van der Waals surface area contributed by atoms with E-state index in [4.69, 9.17) is 4.52 Å². The Kier molecular flexibility index (Phi) is 4.21. The van der Waals surface area contributed by atoms with Crippen molar-refractivity contribution in [3.8, 4) is 22.4 Å². The average Bonchev–Trinajstić information content (AvgIpc) is 3.31. The number of benzene rings is 1. The second-order valence-electron chi connectivity index (χ2n) is 5.88. The molecule has 0 aliphatic carbocycles. The molecule has 0 spiro atoms. The van der Waals surface area contributed by atoms with Crippen molar-refractivity contribution < 1.29 is 12.9 Å². The van der Waals surface area contributed by atoms with Gasteiger partial charge in [-0.1, -0.05) is 17.3 Å². The third-order valence-corrected chi connectivity index (χ3v) is 5.37. The van der Waals surface area contributed by atoms with Gasteiger partial charge in [-0.3, -0.25) is 14.8 Å². The van der Waals surface area contributed by atoms with E-state index >= 15 is 0 Å². The third kappa shape index (κ3) is 3.32. The smallest absolute Gasteiger partial charge is 0.298 e. The topological polar surface area (TPSA) is 114 Å². The van der Waals surface area contributed by atoms with Crippen LogP contribution in [0, 0.1) is 6.92 Å². The van der Waals surface area contributed by atoms with Crippen LogP contribution in [0.3, 0.4) is 0 Å². The van der Waals surface area contributed by atoms with Crippen molar-refractivity contribution in [2.24, 2.45) is 0 Å². The molecule has 8 nitrogen and oxygen atoms in total. The highest BCUT2D eigenvalue weighted by Gasteiger charge is 2.22. The summed E-state index contributed by atoms with van der Waals surface area (Å²) < 4.78 is 32.4. The summed E-state index contributed by atoms with van der Waals surface area (Å²) >= 11 is 0. The highest BCUT2D eigenvalue weighted by molar-refractivity contribution is 7.92. The van der Waals surface area contributed by atoms with Crippen molar-refractivity contribution in [3.05, 3.63) is 66.7 Å². The number of rotatable bonds is 5. The normalized spacial score (nSPS) is 11.4. The van der Waals surface area contributed by atoms with Crippen LogP contribution < -0.4 is 4.72 Å². The summed E-state index contributed by atoms with van der Waals surface area (Å²) in [6.07, 6.45) is 6.49. The van der Waals surface area contributed by atoms with E-state index < -0.39 is 10.0 Å². The first kappa shape index (κ1) is 17.0. The minimum absolute atomic E-state index is 0.202. The maximum absolute atomic E-state index is 12.5. The zero-order valence-corrected chi connectivity index (χ0v) is 15.1. The fourth-order valence-corrected chi connectivity index (χ4v) is 3.88. The van der Waals surface area contributed by atoms with E-state index in [0.29, 0.717) is 11.3 Å². The Hall–Kier alpha value is -3.46. The van der Waals surface area contributed by atoms with Gasteiger partial charge in [0.05, 0.1) is 18.1 Å². The van der Waals surface area contributed by atoms with E-state index in [9.17, 15) is 8.42 Å². The van der Waals surface area contributed by atoms with Crippen LogP contribution in [0.1, 0.15) is 5.56 Å². The van der Waals surface area contributed by atoms with E-state index in [1.807, 2.05) is 18.2 Å². The van der Waals surface area contributed by atoms with Gasteiger partial charge < -0.3 is 4.52 Å². The lowest BCUT2D eigenvalue weighted by atomic mass is 10.0. The van der Waals surface area contributed by atoms with Crippen molar-refractivity contribution in [3.63, 3.8) is 0 Å². The quantitative estimate of drug-likeness (QED) is 0.549. The van der Waals surface area contributed by atoms with Crippen LogP contribution in [-0.2, 0) is 10.0 Å². The Morgan fingerprint density at radius 2 is 1.89 bits per heavy atom. The lowest BCUT2D eigenvalue weighted by Gasteiger charge is -2.09. The maximum Gasteiger partial charge on any atom is 0.298 e. The standard InChI is InChI=1S/C18H15N5O3S/c1-12-10-21-26-18(12)27(24,25)23-15-4-2-3-14(9-15)17-16(11-20-22-17)13-5-7-19-8-6-13/h2-11,23H,1H3,(H,20,22). The molecule has 4 rings (SSSR count). The summed E-state index contributed by atoms with van der Waals surface area (Å²) in [6, 6.07) is 10.8. The minimum atomic E-state index is -3.86. The number of aryl methyl sites for hydroxylation is 1. The van der Waals surface area contributed by atoms with Crippen LogP contribution >= 0.6 is 0 Å². The Morgan fingerprint density at radius 3 is 2.63 bits per heavy atom. The molecule has 2 N–H and O–H groups in total. The monoisotopic (exact) mass is 381 g/mol. The van der Waals surface area contributed by atoms with Gasteiger partial charge in [0.25, 0.3) is 15.1 Å². The molecule has 0 fully saturated rings. The molecule has 0 saturated carbocycles. The van der Waals surface area contributed by atoms with Crippen molar-refractivity contribution in [2.75, 3.05) is 4.72 Å². The van der Waals surface area contributed by atoms with Gasteiger partial charge in [0.15, 0.2) is 0 Å². The van der Waals surface area contributed by atoms with Crippen LogP contribution in [0.2, 0.25) is 0 Å². The molecule has 3 aromatic heterocycles. The number of pyridine rings is 1. The van der Waals surface area contributed by atoms with Gasteiger partial charge in [-0.2, -0.15) is 13.5 Å². The first-order chi connectivity index (χ1) is 13.0. The van der Waals surface area contributed by atoms with Crippen LogP contribution in [0.25, 0.3) is 22.4 Å². The Morgan fingerprint density at radius 1 is 1.07 bits per heavy atom. The fourth-order valence-electron chi connectivity index (χ4n) is 2.74. The van der Waals surface area contributed by atoms with Crippen LogP contribution in [0.15, 0.2) is 70.8 Å². The first-order valence-corrected chi connectivity index (χ1v) is 9.51. The second-order valence-corrected chi connectivity index (χ2v) is 7.46. The third-order valence-electron chi connectivity index (χ3n) is 3.98. The van der Waals surface area contributed by atoms with Gasteiger partial charge in [0.1, 0.15) is 0 Å². The molecular formula is C18H15N5O3S. The number of anilines is 1. The molecule has 27 heavy (non-hydrogen) atoms. The zero-order valence-electron chi connectivity index (χ0n) is 14.2. The van der Waals surface area contributed by atoms with Gasteiger partial charge in [0, 0.05) is 34.8 Å². The molecule has 0 bridgehead atoms. The number of aromatic nitrogens is 4. The lowest BCUT2D eigenvalue weighted by Crippen LogP contribution is -2.13. The molecule has 0 atom stereocenters. The Labute approximate surface area is 155 Å². The molecule has 3 heterocycles. The largest absolute Gasteiger partial charge is 0.342 e. The molecular weight excluding hydrogens is 366 g/mol. The number of H-pyrrole nitrogens is 1. The lowest BCUT2D eigenvalue weighted by molar-refractivity contribution is 0.338. The summed E-state index contributed by atoms with van der Waals surface area (Å²) in [5, 5.41) is 10.4. The van der Waals surface area contributed by atoms with E-state index in [-0.39, 0.29) is 5.09 Å². The van der Waals surface area contributed by atoms with E-state index in [0.717, 1.165) is 22.4 Å². The SMILES string of the molecule is Cc1cnoc1S(=O)(=O)Nc1cccc(-c2[nH]ncc2-c2ccncc2)c1. The number of sulfonamides is 1. The first-order valence-electron chi connectivity index (χ1n) is 8.03.